The molecule has 0 unspecified atom stereocenters. The number of aryl methyl sites for hydroxylation is 1. The third-order valence-corrected chi connectivity index (χ3v) is 3.90. The first kappa shape index (κ1) is 14.4. The fourth-order valence-corrected chi connectivity index (χ4v) is 2.65. The van der Waals surface area contributed by atoms with Gasteiger partial charge in [0.15, 0.2) is 5.82 Å². The van der Waals surface area contributed by atoms with Crippen molar-refractivity contribution in [3.8, 4) is 22.8 Å². The summed E-state index contributed by atoms with van der Waals surface area (Å²) in [6.45, 7) is 1.97. The largest absolute Gasteiger partial charge is 0.497 e. The Morgan fingerprint density at radius 2 is 1.96 bits per heavy atom. The number of hydrogen-bond acceptors (Lipinski definition) is 4. The lowest BCUT2D eigenvalue weighted by Gasteiger charge is -2.06. The second kappa shape index (κ2) is 5.77. The molecule has 4 rings (SSSR count). The predicted octanol–water partition coefficient (Wildman–Crippen LogP) is 3.80. The molecule has 0 fully saturated rings. The number of rotatable bonds is 3. The Kier molecular flexibility index (Phi) is 3.46. The number of aromatic nitrogens is 4. The van der Waals surface area contributed by atoms with Crippen LogP contribution in [0, 0.1) is 6.92 Å². The number of fused-ring (bicyclic) bond motifs is 1. The van der Waals surface area contributed by atoms with E-state index in [1.807, 2.05) is 66.6 Å². The lowest BCUT2D eigenvalue weighted by molar-refractivity contribution is 0.415. The van der Waals surface area contributed by atoms with E-state index in [4.69, 9.17) is 4.74 Å². The first-order valence-electron chi connectivity index (χ1n) is 7.65. The van der Waals surface area contributed by atoms with Crippen LogP contribution in [0.3, 0.4) is 0 Å². The average Bonchev–Trinajstić information content (AvgIpc) is 3.07. The van der Waals surface area contributed by atoms with E-state index >= 15 is 0 Å². The number of imidazole rings is 1. The van der Waals surface area contributed by atoms with E-state index in [9.17, 15) is 0 Å². The zero-order valence-corrected chi connectivity index (χ0v) is 13.5. The highest BCUT2D eigenvalue weighted by Crippen LogP contribution is 2.23. The van der Waals surface area contributed by atoms with Crippen molar-refractivity contribution in [1.29, 1.82) is 0 Å². The maximum Gasteiger partial charge on any atom is 0.159 e. The van der Waals surface area contributed by atoms with Gasteiger partial charge in [-0.25, -0.2) is 15.0 Å². The van der Waals surface area contributed by atoms with Gasteiger partial charge in [0.1, 0.15) is 5.75 Å². The summed E-state index contributed by atoms with van der Waals surface area (Å²) in [5.41, 5.74) is 3.87. The van der Waals surface area contributed by atoms with Crippen molar-refractivity contribution in [2.45, 2.75) is 6.92 Å². The van der Waals surface area contributed by atoms with Crippen LogP contribution in [0.2, 0.25) is 0 Å². The zero-order valence-electron chi connectivity index (χ0n) is 13.5. The molecule has 2 aromatic carbocycles. The lowest BCUT2D eigenvalue weighted by atomic mass is 10.1. The van der Waals surface area contributed by atoms with Gasteiger partial charge in [0.05, 0.1) is 24.6 Å². The molecule has 0 amide bonds. The van der Waals surface area contributed by atoms with Crippen LogP contribution in [0.1, 0.15) is 5.69 Å². The van der Waals surface area contributed by atoms with Crippen molar-refractivity contribution in [3.63, 3.8) is 0 Å². The van der Waals surface area contributed by atoms with Crippen molar-refractivity contribution in [1.82, 2.24) is 19.5 Å². The molecule has 0 radical (unpaired) electrons. The van der Waals surface area contributed by atoms with Gasteiger partial charge in [-0.2, -0.15) is 0 Å². The van der Waals surface area contributed by atoms with Gasteiger partial charge in [0.2, 0.25) is 0 Å². The lowest BCUT2D eigenvalue weighted by Crippen LogP contribution is -1.93. The van der Waals surface area contributed by atoms with Gasteiger partial charge in [-0.1, -0.05) is 12.1 Å². The van der Waals surface area contributed by atoms with Crippen LogP contribution in [0.5, 0.6) is 5.75 Å². The van der Waals surface area contributed by atoms with Crippen LogP contribution in [0.4, 0.5) is 0 Å². The molecule has 0 N–H and O–H groups in total. The summed E-state index contributed by atoms with van der Waals surface area (Å²) in [4.78, 5) is 13.4. The van der Waals surface area contributed by atoms with Crippen molar-refractivity contribution >= 4 is 10.9 Å². The standard InChI is InChI=1S/C19H16N4O/c1-13-11-23(12-21-13)16-6-7-18-15(8-16)10-20-19(22-18)14-4-3-5-17(9-14)24-2/h3-12H,1-2H3. The molecule has 0 saturated heterocycles. The van der Waals surface area contributed by atoms with Crippen LogP contribution in [-0.2, 0) is 0 Å². The van der Waals surface area contributed by atoms with Gasteiger partial charge < -0.3 is 9.30 Å². The maximum absolute atomic E-state index is 5.27. The Bertz CT molecular complexity index is 1020. The fourth-order valence-electron chi connectivity index (χ4n) is 2.65. The normalized spacial score (nSPS) is 10.9. The summed E-state index contributed by atoms with van der Waals surface area (Å²) in [5, 5.41) is 0.991. The smallest absolute Gasteiger partial charge is 0.159 e. The molecular formula is C19H16N4O. The molecule has 4 aromatic rings. The number of hydrogen-bond donors (Lipinski definition) is 0. The summed E-state index contributed by atoms with van der Waals surface area (Å²) >= 11 is 0. The molecule has 5 nitrogen and oxygen atoms in total. The molecular weight excluding hydrogens is 300 g/mol. The average molecular weight is 316 g/mol. The van der Waals surface area contributed by atoms with Crippen LogP contribution < -0.4 is 4.74 Å². The highest BCUT2D eigenvalue weighted by Gasteiger charge is 2.06. The summed E-state index contributed by atoms with van der Waals surface area (Å²) in [6, 6.07) is 13.9. The van der Waals surface area contributed by atoms with E-state index in [1.165, 1.54) is 0 Å². The van der Waals surface area contributed by atoms with Crippen molar-refractivity contribution < 1.29 is 4.74 Å². The zero-order chi connectivity index (χ0) is 16.5. The Labute approximate surface area is 139 Å². The van der Waals surface area contributed by atoms with E-state index in [-0.39, 0.29) is 0 Å². The van der Waals surface area contributed by atoms with E-state index < -0.39 is 0 Å². The van der Waals surface area contributed by atoms with Gasteiger partial charge in [-0.05, 0) is 37.3 Å². The van der Waals surface area contributed by atoms with Gasteiger partial charge in [-0.3, -0.25) is 0 Å². The van der Waals surface area contributed by atoms with Crippen LogP contribution in [0.15, 0.2) is 61.2 Å². The minimum absolute atomic E-state index is 0.688. The summed E-state index contributed by atoms with van der Waals surface area (Å²) < 4.78 is 7.26. The summed E-state index contributed by atoms with van der Waals surface area (Å²) in [7, 11) is 1.65. The molecule has 2 heterocycles. The third-order valence-electron chi connectivity index (χ3n) is 3.90. The van der Waals surface area contributed by atoms with E-state index in [2.05, 4.69) is 21.0 Å². The monoisotopic (exact) mass is 316 g/mol. The molecule has 118 valence electrons. The molecule has 2 aromatic heterocycles. The molecule has 0 bridgehead atoms. The molecule has 0 aliphatic rings. The molecule has 0 aliphatic heterocycles. The SMILES string of the molecule is COc1cccc(-c2ncc3cc(-n4cnc(C)c4)ccc3n2)c1. The van der Waals surface area contributed by atoms with Crippen molar-refractivity contribution in [3.05, 3.63) is 66.9 Å². The maximum atomic E-state index is 5.27. The predicted molar refractivity (Wildman–Crippen MR) is 93.4 cm³/mol. The number of benzene rings is 2. The fraction of sp³-hybridized carbons (Fsp3) is 0.105. The van der Waals surface area contributed by atoms with Crippen LogP contribution in [0.25, 0.3) is 28.0 Å². The Balaban J connectivity index is 1.76. The number of ether oxygens (including phenoxy) is 1. The van der Waals surface area contributed by atoms with Gasteiger partial charge in [0, 0.05) is 29.0 Å². The third kappa shape index (κ3) is 2.60. The second-order valence-corrected chi connectivity index (χ2v) is 5.59. The first-order valence-corrected chi connectivity index (χ1v) is 7.65. The van der Waals surface area contributed by atoms with E-state index in [0.717, 1.165) is 33.6 Å². The molecule has 0 saturated carbocycles. The van der Waals surface area contributed by atoms with Gasteiger partial charge >= 0.3 is 0 Å². The van der Waals surface area contributed by atoms with Crippen LogP contribution in [-0.4, -0.2) is 26.6 Å². The summed E-state index contributed by atoms with van der Waals surface area (Å²) in [6.07, 6.45) is 5.65. The second-order valence-electron chi connectivity index (χ2n) is 5.59. The van der Waals surface area contributed by atoms with Crippen molar-refractivity contribution in [2.75, 3.05) is 7.11 Å². The quantitative estimate of drug-likeness (QED) is 0.577. The number of methoxy groups -OCH3 is 1. The first-order chi connectivity index (χ1) is 11.7. The highest BCUT2D eigenvalue weighted by atomic mass is 16.5. The van der Waals surface area contributed by atoms with Gasteiger partial charge in [0.25, 0.3) is 0 Å². The Hall–Kier alpha value is -3.21. The van der Waals surface area contributed by atoms with E-state index in [0.29, 0.717) is 5.82 Å². The summed E-state index contributed by atoms with van der Waals surface area (Å²) in [5.74, 6) is 1.48. The van der Waals surface area contributed by atoms with E-state index in [1.54, 1.807) is 7.11 Å². The Morgan fingerprint density at radius 3 is 2.75 bits per heavy atom. The minimum Gasteiger partial charge on any atom is -0.497 e. The van der Waals surface area contributed by atoms with Gasteiger partial charge in [-0.15, -0.1) is 0 Å². The highest BCUT2D eigenvalue weighted by molar-refractivity contribution is 5.81. The molecule has 24 heavy (non-hydrogen) atoms. The molecule has 5 heteroatoms. The molecule has 0 atom stereocenters. The Morgan fingerprint density at radius 1 is 1.04 bits per heavy atom. The minimum atomic E-state index is 0.688. The topological polar surface area (TPSA) is 52.8 Å². The molecule has 0 spiro atoms. The van der Waals surface area contributed by atoms with Crippen molar-refractivity contribution in [2.24, 2.45) is 0 Å². The van der Waals surface area contributed by atoms with Crippen LogP contribution >= 0.6 is 0 Å². The number of nitrogens with zero attached hydrogens (tertiary/aromatic N) is 4. The molecule has 0 aliphatic carbocycles.